The Bertz CT molecular complexity index is 819. The smallest absolute Gasteiger partial charge is 0.269 e. The van der Waals surface area contributed by atoms with Crippen LogP contribution in [0.5, 0.6) is 11.5 Å². The van der Waals surface area contributed by atoms with Crippen molar-refractivity contribution in [3.63, 3.8) is 0 Å². The lowest BCUT2D eigenvalue weighted by atomic mass is 10.1. The average Bonchev–Trinajstić information content (AvgIpc) is 2.90. The molecule has 0 aliphatic carbocycles. The van der Waals surface area contributed by atoms with Gasteiger partial charge in [0.15, 0.2) is 0 Å². The van der Waals surface area contributed by atoms with E-state index in [4.69, 9.17) is 9.47 Å². The van der Waals surface area contributed by atoms with Crippen molar-refractivity contribution in [2.24, 2.45) is 0 Å². The number of carbonyl (C=O) groups is 1. The van der Waals surface area contributed by atoms with E-state index in [1.54, 1.807) is 31.3 Å². The van der Waals surface area contributed by atoms with E-state index in [9.17, 15) is 14.9 Å². The minimum absolute atomic E-state index is 0.00886. The van der Waals surface area contributed by atoms with Gasteiger partial charge in [-0.15, -0.1) is 0 Å². The number of amides is 1. The number of hydrogen-bond donors (Lipinski definition) is 0. The Morgan fingerprint density at radius 2 is 1.96 bits per heavy atom. The van der Waals surface area contributed by atoms with Crippen molar-refractivity contribution >= 4 is 11.6 Å². The number of benzene rings is 2. The van der Waals surface area contributed by atoms with Crippen LogP contribution in [0.4, 0.5) is 5.69 Å². The van der Waals surface area contributed by atoms with E-state index in [0.29, 0.717) is 35.7 Å². The minimum Gasteiger partial charge on any atom is -0.497 e. The summed E-state index contributed by atoms with van der Waals surface area (Å²) in [7, 11) is 3.13. The van der Waals surface area contributed by atoms with Gasteiger partial charge in [-0.3, -0.25) is 14.9 Å². The molecule has 1 aliphatic rings. The molecule has 124 valence electrons. The monoisotopic (exact) mass is 328 g/mol. The molecule has 0 radical (unpaired) electrons. The van der Waals surface area contributed by atoms with Crippen LogP contribution in [0.2, 0.25) is 0 Å². The Balaban J connectivity index is 1.85. The molecule has 24 heavy (non-hydrogen) atoms. The molecule has 0 spiro atoms. The highest BCUT2D eigenvalue weighted by molar-refractivity contribution is 5.98. The Kier molecular flexibility index (Phi) is 4.07. The number of nitro benzene ring substituents is 1. The van der Waals surface area contributed by atoms with Gasteiger partial charge in [0.2, 0.25) is 0 Å². The van der Waals surface area contributed by atoms with Gasteiger partial charge in [-0.25, -0.2) is 0 Å². The highest BCUT2D eigenvalue weighted by atomic mass is 16.6. The van der Waals surface area contributed by atoms with Crippen LogP contribution in [0.3, 0.4) is 0 Å². The molecule has 3 rings (SSSR count). The third-order valence-corrected chi connectivity index (χ3v) is 4.03. The fraction of sp³-hybridized carbons (Fsp3) is 0.235. The highest BCUT2D eigenvalue weighted by Crippen LogP contribution is 2.31. The van der Waals surface area contributed by atoms with Gasteiger partial charge in [-0.05, 0) is 23.8 Å². The second-order valence-electron chi connectivity index (χ2n) is 5.44. The first-order valence-electron chi connectivity index (χ1n) is 7.31. The van der Waals surface area contributed by atoms with Gasteiger partial charge in [-0.2, -0.15) is 0 Å². The first-order chi connectivity index (χ1) is 11.5. The van der Waals surface area contributed by atoms with Crippen LogP contribution in [-0.2, 0) is 13.1 Å². The van der Waals surface area contributed by atoms with E-state index in [2.05, 4.69) is 0 Å². The molecule has 0 bridgehead atoms. The molecule has 2 aromatic carbocycles. The molecular formula is C17H16N2O5. The highest BCUT2D eigenvalue weighted by Gasteiger charge is 2.29. The lowest BCUT2D eigenvalue weighted by Crippen LogP contribution is -2.23. The zero-order valence-corrected chi connectivity index (χ0v) is 13.3. The zero-order valence-electron chi connectivity index (χ0n) is 13.3. The van der Waals surface area contributed by atoms with Gasteiger partial charge < -0.3 is 14.4 Å². The number of hydrogen-bond acceptors (Lipinski definition) is 5. The molecule has 0 aromatic heterocycles. The van der Waals surface area contributed by atoms with Crippen LogP contribution in [0.15, 0.2) is 36.4 Å². The molecule has 0 unspecified atom stereocenters. The van der Waals surface area contributed by atoms with Crippen LogP contribution >= 0.6 is 0 Å². The molecule has 0 N–H and O–H groups in total. The molecule has 7 nitrogen and oxygen atoms in total. The SMILES string of the molecule is COc1ccc(CN2Cc3cc([N+](=O)[O-])ccc3C2=O)c(OC)c1. The zero-order chi connectivity index (χ0) is 17.3. The third-order valence-electron chi connectivity index (χ3n) is 4.03. The van der Waals surface area contributed by atoms with Gasteiger partial charge in [0.05, 0.1) is 19.1 Å². The summed E-state index contributed by atoms with van der Waals surface area (Å²) in [4.78, 5) is 24.6. The maximum absolute atomic E-state index is 12.5. The van der Waals surface area contributed by atoms with Crippen LogP contribution in [0.25, 0.3) is 0 Å². The van der Waals surface area contributed by atoms with E-state index in [-0.39, 0.29) is 11.6 Å². The van der Waals surface area contributed by atoms with Crippen LogP contribution in [0, 0.1) is 10.1 Å². The van der Waals surface area contributed by atoms with E-state index in [1.807, 2.05) is 6.07 Å². The summed E-state index contributed by atoms with van der Waals surface area (Å²) in [6.45, 7) is 0.694. The van der Waals surface area contributed by atoms with Crippen molar-refractivity contribution in [2.75, 3.05) is 14.2 Å². The predicted octanol–water partition coefficient (Wildman–Crippen LogP) is 2.77. The lowest BCUT2D eigenvalue weighted by molar-refractivity contribution is -0.384. The summed E-state index contributed by atoms with van der Waals surface area (Å²) in [5.41, 5.74) is 2.01. The topological polar surface area (TPSA) is 81.9 Å². The summed E-state index contributed by atoms with van der Waals surface area (Å²) in [6, 6.07) is 9.73. The Morgan fingerprint density at radius 3 is 2.62 bits per heavy atom. The van der Waals surface area contributed by atoms with Crippen molar-refractivity contribution in [1.29, 1.82) is 0 Å². The number of nitro groups is 1. The van der Waals surface area contributed by atoms with Crippen LogP contribution < -0.4 is 9.47 Å². The second-order valence-corrected chi connectivity index (χ2v) is 5.44. The van der Waals surface area contributed by atoms with Crippen molar-refractivity contribution in [1.82, 2.24) is 4.90 Å². The van der Waals surface area contributed by atoms with Gasteiger partial charge >= 0.3 is 0 Å². The molecule has 2 aromatic rings. The number of rotatable bonds is 5. The average molecular weight is 328 g/mol. The summed E-state index contributed by atoms with van der Waals surface area (Å²) in [5.74, 6) is 1.16. The number of carbonyl (C=O) groups excluding carboxylic acids is 1. The summed E-state index contributed by atoms with van der Waals surface area (Å²) < 4.78 is 10.5. The lowest BCUT2D eigenvalue weighted by Gasteiger charge is -2.18. The summed E-state index contributed by atoms with van der Waals surface area (Å²) >= 11 is 0. The number of non-ortho nitro benzene ring substituents is 1. The largest absolute Gasteiger partial charge is 0.497 e. The first-order valence-corrected chi connectivity index (χ1v) is 7.31. The number of fused-ring (bicyclic) bond motifs is 1. The second kappa shape index (κ2) is 6.19. The first kappa shape index (κ1) is 15.8. The fourth-order valence-corrected chi connectivity index (χ4v) is 2.80. The minimum atomic E-state index is -0.458. The molecule has 0 atom stereocenters. The molecule has 7 heteroatoms. The third kappa shape index (κ3) is 2.76. The molecule has 0 saturated carbocycles. The van der Waals surface area contributed by atoms with E-state index in [0.717, 1.165) is 5.56 Å². The molecule has 1 heterocycles. The number of nitrogens with zero attached hydrogens (tertiary/aromatic N) is 2. The van der Waals surface area contributed by atoms with Crippen molar-refractivity contribution in [3.05, 3.63) is 63.2 Å². The van der Waals surface area contributed by atoms with Gasteiger partial charge in [0.25, 0.3) is 11.6 Å². The number of ether oxygens (including phenoxy) is 2. The van der Waals surface area contributed by atoms with E-state index in [1.165, 1.54) is 18.2 Å². The van der Waals surface area contributed by atoms with E-state index >= 15 is 0 Å². The van der Waals surface area contributed by atoms with Crippen molar-refractivity contribution in [3.8, 4) is 11.5 Å². The fourth-order valence-electron chi connectivity index (χ4n) is 2.80. The normalized spacial score (nSPS) is 12.9. The Labute approximate surface area is 138 Å². The number of methoxy groups -OCH3 is 2. The maximum atomic E-state index is 12.5. The molecule has 0 saturated heterocycles. The maximum Gasteiger partial charge on any atom is 0.269 e. The van der Waals surface area contributed by atoms with Crippen molar-refractivity contribution < 1.29 is 19.2 Å². The Hall–Kier alpha value is -3.09. The summed E-state index contributed by atoms with van der Waals surface area (Å²) in [6.07, 6.45) is 0. The van der Waals surface area contributed by atoms with Gasteiger partial charge in [-0.1, -0.05) is 0 Å². The van der Waals surface area contributed by atoms with Crippen molar-refractivity contribution in [2.45, 2.75) is 13.1 Å². The van der Waals surface area contributed by atoms with Crippen LogP contribution in [0.1, 0.15) is 21.5 Å². The van der Waals surface area contributed by atoms with Crippen LogP contribution in [-0.4, -0.2) is 29.9 Å². The summed E-state index contributed by atoms with van der Waals surface area (Å²) in [5, 5.41) is 10.9. The standard InChI is InChI=1S/C17H16N2O5/c1-23-14-5-3-11(16(8-14)24-2)9-18-10-12-7-13(19(21)22)4-6-15(12)17(18)20/h3-8H,9-10H2,1-2H3. The quantitative estimate of drug-likeness (QED) is 0.622. The molecule has 1 amide bonds. The van der Waals surface area contributed by atoms with Gasteiger partial charge in [0, 0.05) is 42.4 Å². The predicted molar refractivity (Wildman–Crippen MR) is 86.2 cm³/mol. The Morgan fingerprint density at radius 1 is 1.17 bits per heavy atom. The molecular weight excluding hydrogens is 312 g/mol. The van der Waals surface area contributed by atoms with Gasteiger partial charge in [0.1, 0.15) is 11.5 Å². The molecule has 1 aliphatic heterocycles. The molecule has 0 fully saturated rings. The van der Waals surface area contributed by atoms with E-state index < -0.39 is 4.92 Å².